The van der Waals surface area contributed by atoms with Crippen LogP contribution in [0.15, 0.2) is 0 Å². The van der Waals surface area contributed by atoms with Crippen LogP contribution in [0, 0.1) is 0 Å². The molecule has 0 saturated carbocycles. The van der Waals surface area contributed by atoms with Gasteiger partial charge in [-0.05, 0) is 13.3 Å². The molecule has 0 radical (unpaired) electrons. The summed E-state index contributed by atoms with van der Waals surface area (Å²) in [7, 11) is 0. The SMILES string of the molecule is CCCC(OC(C)C(F)(F)F)C(=O)O. The van der Waals surface area contributed by atoms with Crippen LogP contribution in [0.25, 0.3) is 0 Å². The Balaban J connectivity index is 4.23. The lowest BCUT2D eigenvalue weighted by Gasteiger charge is -2.20. The van der Waals surface area contributed by atoms with Gasteiger partial charge in [0.1, 0.15) is 0 Å². The van der Waals surface area contributed by atoms with Gasteiger partial charge in [-0.2, -0.15) is 13.2 Å². The first kappa shape index (κ1) is 13.2. The predicted octanol–water partition coefficient (Wildman–Crippen LogP) is 2.21. The quantitative estimate of drug-likeness (QED) is 0.763. The summed E-state index contributed by atoms with van der Waals surface area (Å²) in [6.07, 6.45) is -7.40. The van der Waals surface area contributed by atoms with Crippen LogP contribution in [0.2, 0.25) is 0 Å². The summed E-state index contributed by atoms with van der Waals surface area (Å²) in [5.74, 6) is -1.36. The molecule has 1 N–H and O–H groups in total. The Morgan fingerprint density at radius 1 is 1.50 bits per heavy atom. The van der Waals surface area contributed by atoms with Crippen molar-refractivity contribution in [1.29, 1.82) is 0 Å². The maximum Gasteiger partial charge on any atom is 0.414 e. The molecule has 0 fully saturated rings. The van der Waals surface area contributed by atoms with E-state index in [1.807, 2.05) is 0 Å². The van der Waals surface area contributed by atoms with Crippen LogP contribution < -0.4 is 0 Å². The number of carboxylic acids is 1. The molecule has 0 aliphatic rings. The summed E-state index contributed by atoms with van der Waals surface area (Å²) in [6, 6.07) is 0. The summed E-state index contributed by atoms with van der Waals surface area (Å²) < 4.78 is 40.4. The topological polar surface area (TPSA) is 46.5 Å². The molecule has 0 amide bonds. The van der Waals surface area contributed by atoms with E-state index in [9.17, 15) is 18.0 Å². The van der Waals surface area contributed by atoms with Gasteiger partial charge in [-0.1, -0.05) is 13.3 Å². The summed E-state index contributed by atoms with van der Waals surface area (Å²) in [5.41, 5.74) is 0. The molecule has 0 spiro atoms. The van der Waals surface area contributed by atoms with Crippen LogP contribution in [0.1, 0.15) is 26.7 Å². The van der Waals surface area contributed by atoms with E-state index in [1.165, 1.54) is 0 Å². The van der Waals surface area contributed by atoms with E-state index in [2.05, 4.69) is 4.74 Å². The first-order chi connectivity index (χ1) is 6.29. The van der Waals surface area contributed by atoms with Gasteiger partial charge in [-0.15, -0.1) is 0 Å². The number of ether oxygens (including phenoxy) is 1. The van der Waals surface area contributed by atoms with E-state index >= 15 is 0 Å². The molecule has 0 rings (SSSR count). The van der Waals surface area contributed by atoms with Crippen molar-refractivity contribution in [2.45, 2.75) is 45.1 Å². The monoisotopic (exact) mass is 214 g/mol. The standard InChI is InChI=1S/C8H13F3O3/c1-3-4-6(7(12)13)14-5(2)8(9,10)11/h5-6H,3-4H2,1-2H3,(H,12,13). The fourth-order valence-electron chi connectivity index (χ4n) is 0.835. The number of aliphatic carboxylic acids is 1. The van der Waals surface area contributed by atoms with Crippen LogP contribution in [0.4, 0.5) is 13.2 Å². The third kappa shape index (κ3) is 4.45. The second-order valence-corrected chi connectivity index (χ2v) is 2.94. The van der Waals surface area contributed by atoms with Crippen molar-refractivity contribution >= 4 is 5.97 Å². The van der Waals surface area contributed by atoms with Crippen LogP contribution in [-0.4, -0.2) is 29.5 Å². The molecule has 0 saturated heterocycles. The van der Waals surface area contributed by atoms with Crippen molar-refractivity contribution in [2.24, 2.45) is 0 Å². The average Bonchev–Trinajstić information content (AvgIpc) is 2.01. The zero-order valence-corrected chi connectivity index (χ0v) is 7.97. The molecular formula is C8H13F3O3. The normalized spacial score (nSPS) is 16.4. The van der Waals surface area contributed by atoms with Gasteiger partial charge in [0.2, 0.25) is 0 Å². The molecule has 0 aliphatic carbocycles. The Bertz CT molecular complexity index is 191. The number of alkyl halides is 3. The number of carboxylic acid groups (broad SMARTS) is 1. The lowest BCUT2D eigenvalue weighted by molar-refractivity contribution is -0.229. The molecule has 0 aromatic rings. The summed E-state index contributed by atoms with van der Waals surface area (Å²) in [5, 5.41) is 8.53. The summed E-state index contributed by atoms with van der Waals surface area (Å²) in [4.78, 5) is 10.5. The van der Waals surface area contributed by atoms with E-state index in [1.54, 1.807) is 6.92 Å². The van der Waals surface area contributed by atoms with Crippen LogP contribution in [0.5, 0.6) is 0 Å². The van der Waals surface area contributed by atoms with Crippen molar-refractivity contribution < 1.29 is 27.8 Å². The van der Waals surface area contributed by atoms with Gasteiger partial charge in [0.15, 0.2) is 12.2 Å². The molecule has 0 heterocycles. The molecule has 14 heavy (non-hydrogen) atoms. The van der Waals surface area contributed by atoms with Crippen molar-refractivity contribution in [3.05, 3.63) is 0 Å². The fourth-order valence-corrected chi connectivity index (χ4v) is 0.835. The minimum atomic E-state index is -4.51. The van der Waals surface area contributed by atoms with Gasteiger partial charge >= 0.3 is 12.1 Å². The van der Waals surface area contributed by atoms with Crippen LogP contribution in [0.3, 0.4) is 0 Å². The third-order valence-electron chi connectivity index (χ3n) is 1.66. The summed E-state index contributed by atoms with van der Waals surface area (Å²) >= 11 is 0. The molecule has 0 aromatic carbocycles. The highest BCUT2D eigenvalue weighted by atomic mass is 19.4. The Labute approximate surface area is 79.9 Å². The molecule has 2 atom stereocenters. The van der Waals surface area contributed by atoms with E-state index in [-0.39, 0.29) is 6.42 Å². The number of hydrogen-bond donors (Lipinski definition) is 1. The maximum absolute atomic E-state index is 12.0. The number of hydrogen-bond acceptors (Lipinski definition) is 2. The van der Waals surface area contributed by atoms with Gasteiger partial charge in [0.25, 0.3) is 0 Å². The lowest BCUT2D eigenvalue weighted by Crippen LogP contribution is -2.36. The molecule has 0 aromatic heterocycles. The zero-order chi connectivity index (χ0) is 11.4. The smallest absolute Gasteiger partial charge is 0.414 e. The second kappa shape index (κ2) is 5.19. The predicted molar refractivity (Wildman–Crippen MR) is 42.9 cm³/mol. The Morgan fingerprint density at radius 3 is 2.29 bits per heavy atom. The van der Waals surface area contributed by atoms with Crippen LogP contribution in [-0.2, 0) is 9.53 Å². The molecule has 6 heteroatoms. The third-order valence-corrected chi connectivity index (χ3v) is 1.66. The second-order valence-electron chi connectivity index (χ2n) is 2.94. The number of rotatable bonds is 5. The minimum absolute atomic E-state index is 0.0791. The molecule has 84 valence electrons. The summed E-state index contributed by atoms with van der Waals surface area (Å²) in [6.45, 7) is 2.48. The molecular weight excluding hydrogens is 201 g/mol. The van der Waals surface area contributed by atoms with E-state index in [0.717, 1.165) is 6.92 Å². The first-order valence-corrected chi connectivity index (χ1v) is 4.24. The highest BCUT2D eigenvalue weighted by Crippen LogP contribution is 2.24. The Kier molecular flexibility index (Phi) is 4.90. The fraction of sp³-hybridized carbons (Fsp3) is 0.875. The van der Waals surface area contributed by atoms with Crippen molar-refractivity contribution in [2.75, 3.05) is 0 Å². The molecule has 0 bridgehead atoms. The molecule has 2 unspecified atom stereocenters. The van der Waals surface area contributed by atoms with Crippen molar-refractivity contribution in [3.63, 3.8) is 0 Å². The minimum Gasteiger partial charge on any atom is -0.479 e. The van der Waals surface area contributed by atoms with E-state index < -0.39 is 24.4 Å². The highest BCUT2D eigenvalue weighted by Gasteiger charge is 2.39. The van der Waals surface area contributed by atoms with Gasteiger partial charge in [0.05, 0.1) is 0 Å². The molecule has 3 nitrogen and oxygen atoms in total. The van der Waals surface area contributed by atoms with Gasteiger partial charge in [-0.25, -0.2) is 4.79 Å². The van der Waals surface area contributed by atoms with Crippen LogP contribution >= 0.6 is 0 Å². The molecule has 0 aliphatic heterocycles. The number of carbonyl (C=O) groups is 1. The van der Waals surface area contributed by atoms with Gasteiger partial charge < -0.3 is 9.84 Å². The highest BCUT2D eigenvalue weighted by molar-refractivity contribution is 5.72. The Morgan fingerprint density at radius 2 is 2.00 bits per heavy atom. The zero-order valence-electron chi connectivity index (χ0n) is 7.97. The van der Waals surface area contributed by atoms with Gasteiger partial charge in [-0.3, -0.25) is 0 Å². The first-order valence-electron chi connectivity index (χ1n) is 4.24. The van der Waals surface area contributed by atoms with E-state index in [0.29, 0.717) is 6.42 Å². The number of halogens is 3. The lowest BCUT2D eigenvalue weighted by atomic mass is 10.2. The Hall–Kier alpha value is -0.780. The average molecular weight is 214 g/mol. The largest absolute Gasteiger partial charge is 0.479 e. The van der Waals surface area contributed by atoms with E-state index in [4.69, 9.17) is 5.11 Å². The maximum atomic E-state index is 12.0. The van der Waals surface area contributed by atoms with Crippen molar-refractivity contribution in [1.82, 2.24) is 0 Å². The van der Waals surface area contributed by atoms with Gasteiger partial charge in [0, 0.05) is 0 Å². The van der Waals surface area contributed by atoms with Crippen molar-refractivity contribution in [3.8, 4) is 0 Å².